The number of hydrogen-bond donors (Lipinski definition) is 1. The molecule has 1 N–H and O–H groups in total. The number of anilines is 1. The summed E-state index contributed by atoms with van der Waals surface area (Å²) in [6.45, 7) is 5.69. The molecule has 0 aromatic heterocycles. The number of carbonyl (C=O) groups is 1. The Morgan fingerprint density at radius 1 is 1.23 bits per heavy atom. The number of amides is 1. The van der Waals surface area contributed by atoms with Crippen molar-refractivity contribution in [2.24, 2.45) is 0 Å². The molecule has 2 rings (SSSR count). The highest BCUT2D eigenvalue weighted by molar-refractivity contribution is 7.92. The number of ether oxygens (including phenoxy) is 1. The number of nitrogens with one attached hydrogen (secondary N) is 1. The number of aryl methyl sites for hydroxylation is 1. The minimum Gasteiger partial charge on any atom is -0.494 e. The molecule has 10 heteroatoms. The van der Waals surface area contributed by atoms with Crippen molar-refractivity contribution in [2.75, 3.05) is 17.2 Å². The number of non-ortho nitro benzene ring substituents is 1. The molecular formula is C20H25N3O6S. The first-order chi connectivity index (χ1) is 14.0. The summed E-state index contributed by atoms with van der Waals surface area (Å²) in [6, 6.07) is 9.96. The lowest BCUT2D eigenvalue weighted by atomic mass is 10.1. The third-order valence-corrected chi connectivity index (χ3v) is 5.66. The molecule has 30 heavy (non-hydrogen) atoms. The summed E-state index contributed by atoms with van der Waals surface area (Å²) >= 11 is 0. The van der Waals surface area contributed by atoms with Gasteiger partial charge in [0.05, 0.1) is 23.5 Å². The van der Waals surface area contributed by atoms with Crippen LogP contribution in [0.2, 0.25) is 0 Å². The fourth-order valence-corrected chi connectivity index (χ4v) is 4.16. The van der Waals surface area contributed by atoms with E-state index in [0.717, 1.165) is 22.2 Å². The van der Waals surface area contributed by atoms with Gasteiger partial charge in [0.1, 0.15) is 11.8 Å². The van der Waals surface area contributed by atoms with Crippen molar-refractivity contribution in [3.05, 3.63) is 63.7 Å². The van der Waals surface area contributed by atoms with Crippen LogP contribution in [0.15, 0.2) is 42.5 Å². The van der Waals surface area contributed by atoms with E-state index in [-0.39, 0.29) is 17.9 Å². The summed E-state index contributed by atoms with van der Waals surface area (Å²) in [5.74, 6) is 0.186. The van der Waals surface area contributed by atoms with Gasteiger partial charge < -0.3 is 10.1 Å². The van der Waals surface area contributed by atoms with E-state index >= 15 is 0 Å². The van der Waals surface area contributed by atoms with E-state index in [1.54, 1.807) is 31.2 Å². The number of benzene rings is 2. The Kier molecular flexibility index (Phi) is 7.38. The number of nitro groups is 1. The average Bonchev–Trinajstić information content (AvgIpc) is 2.67. The van der Waals surface area contributed by atoms with Crippen molar-refractivity contribution < 1.29 is 22.9 Å². The van der Waals surface area contributed by atoms with Crippen molar-refractivity contribution in [1.82, 2.24) is 5.32 Å². The van der Waals surface area contributed by atoms with Crippen LogP contribution >= 0.6 is 0 Å². The van der Waals surface area contributed by atoms with Crippen molar-refractivity contribution in [1.29, 1.82) is 0 Å². The van der Waals surface area contributed by atoms with Crippen molar-refractivity contribution in [2.45, 2.75) is 33.4 Å². The van der Waals surface area contributed by atoms with Crippen molar-refractivity contribution >= 4 is 27.3 Å². The normalized spacial score (nSPS) is 12.1. The van der Waals surface area contributed by atoms with E-state index in [2.05, 4.69) is 5.32 Å². The summed E-state index contributed by atoms with van der Waals surface area (Å²) in [4.78, 5) is 23.2. The van der Waals surface area contributed by atoms with Gasteiger partial charge in [0.15, 0.2) is 0 Å². The molecule has 0 unspecified atom stereocenters. The number of sulfonamides is 1. The van der Waals surface area contributed by atoms with E-state index in [0.29, 0.717) is 17.9 Å². The van der Waals surface area contributed by atoms with Gasteiger partial charge in [0.2, 0.25) is 15.9 Å². The van der Waals surface area contributed by atoms with Crippen LogP contribution in [-0.4, -0.2) is 38.2 Å². The second-order valence-electron chi connectivity index (χ2n) is 6.76. The monoisotopic (exact) mass is 435 g/mol. The topological polar surface area (TPSA) is 119 Å². The third kappa shape index (κ3) is 5.69. The van der Waals surface area contributed by atoms with E-state index < -0.39 is 26.9 Å². The molecule has 0 aliphatic rings. The van der Waals surface area contributed by atoms with Gasteiger partial charge in [-0.3, -0.25) is 19.2 Å². The summed E-state index contributed by atoms with van der Waals surface area (Å²) in [5, 5.41) is 13.8. The number of nitro benzene ring substituents is 1. The van der Waals surface area contributed by atoms with Gasteiger partial charge in [-0.2, -0.15) is 0 Å². The highest BCUT2D eigenvalue weighted by atomic mass is 32.2. The number of nitrogens with zero attached hydrogens (tertiary/aromatic N) is 2. The van der Waals surface area contributed by atoms with Crippen LogP contribution in [0.4, 0.5) is 11.4 Å². The lowest BCUT2D eigenvalue weighted by molar-refractivity contribution is -0.384. The molecule has 9 nitrogen and oxygen atoms in total. The highest BCUT2D eigenvalue weighted by Crippen LogP contribution is 2.29. The predicted octanol–water partition coefficient (Wildman–Crippen LogP) is 2.77. The average molecular weight is 436 g/mol. The zero-order valence-corrected chi connectivity index (χ0v) is 18.1. The fraction of sp³-hybridized carbons (Fsp3) is 0.350. The number of rotatable bonds is 9. The molecule has 0 bridgehead atoms. The molecule has 162 valence electrons. The molecule has 0 aliphatic heterocycles. The van der Waals surface area contributed by atoms with E-state index in [9.17, 15) is 23.3 Å². The van der Waals surface area contributed by atoms with Gasteiger partial charge >= 0.3 is 0 Å². The Morgan fingerprint density at radius 3 is 2.40 bits per heavy atom. The highest BCUT2D eigenvalue weighted by Gasteiger charge is 2.31. The zero-order valence-electron chi connectivity index (χ0n) is 17.3. The predicted molar refractivity (Wildman–Crippen MR) is 114 cm³/mol. The van der Waals surface area contributed by atoms with E-state index in [4.69, 9.17) is 4.74 Å². The Hall–Kier alpha value is -3.14. The quantitative estimate of drug-likeness (QED) is 0.478. The van der Waals surface area contributed by atoms with E-state index in [1.807, 2.05) is 6.92 Å². The molecule has 0 heterocycles. The maximum Gasteiger partial charge on any atom is 0.271 e. The SMILES string of the molecule is CCOc1ccc(CNC(=O)[C@@H](C)N(c2cc([N+](=O)[O-])ccc2C)S(C)(=O)=O)cc1. The third-order valence-electron chi connectivity index (χ3n) is 4.43. The van der Waals surface area contributed by atoms with Crippen LogP contribution in [0.3, 0.4) is 0 Å². The van der Waals surface area contributed by atoms with Gasteiger partial charge in [-0.25, -0.2) is 8.42 Å². The summed E-state index contributed by atoms with van der Waals surface area (Å²) in [7, 11) is -3.89. The molecule has 0 spiro atoms. The lowest BCUT2D eigenvalue weighted by Gasteiger charge is -2.29. The Balaban J connectivity index is 2.23. The molecule has 2 aromatic rings. The Morgan fingerprint density at radius 2 is 1.87 bits per heavy atom. The van der Waals surface area contributed by atoms with Crippen LogP contribution in [0, 0.1) is 17.0 Å². The van der Waals surface area contributed by atoms with Crippen LogP contribution in [0.5, 0.6) is 5.75 Å². The largest absolute Gasteiger partial charge is 0.494 e. The molecule has 0 aliphatic carbocycles. The number of carbonyl (C=O) groups excluding carboxylic acids is 1. The van der Waals surface area contributed by atoms with Gasteiger partial charge in [-0.15, -0.1) is 0 Å². The van der Waals surface area contributed by atoms with Gasteiger partial charge in [-0.1, -0.05) is 18.2 Å². The summed E-state index contributed by atoms with van der Waals surface area (Å²) in [6.07, 6.45) is 0.960. The molecule has 2 aromatic carbocycles. The second kappa shape index (κ2) is 9.57. The molecule has 0 fully saturated rings. The molecule has 1 atom stereocenters. The fourth-order valence-electron chi connectivity index (χ4n) is 2.94. The maximum atomic E-state index is 12.7. The van der Waals surface area contributed by atoms with Crippen LogP contribution < -0.4 is 14.4 Å². The first-order valence-corrected chi connectivity index (χ1v) is 11.1. The smallest absolute Gasteiger partial charge is 0.271 e. The van der Waals surface area contributed by atoms with Crippen molar-refractivity contribution in [3.8, 4) is 5.75 Å². The van der Waals surface area contributed by atoms with Crippen LogP contribution in [0.1, 0.15) is 25.0 Å². The molecule has 1 amide bonds. The standard InChI is InChI=1S/C20H25N3O6S/c1-5-29-18-10-7-16(8-11-18)13-21-20(24)15(3)22(30(4,27)28)19-12-17(23(25)26)9-6-14(19)2/h6-12,15H,5,13H2,1-4H3,(H,21,24)/t15-/m1/s1. The summed E-state index contributed by atoms with van der Waals surface area (Å²) < 4.78 is 31.2. The minimum atomic E-state index is -3.89. The maximum absolute atomic E-state index is 12.7. The first kappa shape index (κ1) is 23.1. The van der Waals surface area contributed by atoms with Gasteiger partial charge in [0, 0.05) is 18.7 Å². The molecule has 0 radical (unpaired) electrons. The zero-order chi connectivity index (χ0) is 22.5. The van der Waals surface area contributed by atoms with E-state index in [1.165, 1.54) is 19.1 Å². The van der Waals surface area contributed by atoms with Crippen LogP contribution in [-0.2, 0) is 21.4 Å². The first-order valence-electron chi connectivity index (χ1n) is 9.28. The lowest BCUT2D eigenvalue weighted by Crippen LogP contribution is -2.48. The van der Waals surface area contributed by atoms with Crippen LogP contribution in [0.25, 0.3) is 0 Å². The molecule has 0 saturated heterocycles. The Bertz CT molecular complexity index is 1020. The molecular weight excluding hydrogens is 410 g/mol. The minimum absolute atomic E-state index is 0.0930. The second-order valence-corrected chi connectivity index (χ2v) is 8.62. The van der Waals surface area contributed by atoms with Gasteiger partial charge in [-0.05, 0) is 44.0 Å². The number of hydrogen-bond acceptors (Lipinski definition) is 6. The Labute approximate surface area is 175 Å². The van der Waals surface area contributed by atoms with Gasteiger partial charge in [0.25, 0.3) is 5.69 Å². The van der Waals surface area contributed by atoms with Crippen molar-refractivity contribution in [3.63, 3.8) is 0 Å². The summed E-state index contributed by atoms with van der Waals surface area (Å²) in [5.41, 5.74) is 1.15. The molecule has 0 saturated carbocycles.